The van der Waals surface area contributed by atoms with Crippen molar-refractivity contribution in [2.45, 2.75) is 92.9 Å². The predicted molar refractivity (Wildman–Crippen MR) is 151 cm³/mol. The molecule has 0 aliphatic carbocycles. The summed E-state index contributed by atoms with van der Waals surface area (Å²) in [7, 11) is 0. The van der Waals surface area contributed by atoms with E-state index in [2.05, 4.69) is 116 Å². The number of aliphatic imine (C=N–C) groups is 1. The Balaban J connectivity index is 2.67. The first kappa shape index (κ1) is 28.9. The van der Waals surface area contributed by atoms with Crippen molar-refractivity contribution in [1.29, 1.82) is 0 Å². The van der Waals surface area contributed by atoms with Crippen LogP contribution >= 0.6 is 0 Å². The molecule has 0 aliphatic rings. The molecule has 2 radical (unpaired) electrons. The van der Waals surface area contributed by atoms with Crippen molar-refractivity contribution < 1.29 is 8.56 Å². The second kappa shape index (κ2) is 13.1. The Bertz CT molecular complexity index is 1020. The summed E-state index contributed by atoms with van der Waals surface area (Å²) in [6.45, 7) is 22.4. The number of allylic oxidation sites excluding steroid dienone is 2. The average Bonchev–Trinajstić information content (AvgIpc) is 2.78. The first-order valence-corrected chi connectivity index (χ1v) is 14.4. The molecule has 0 atom stereocenters. The van der Waals surface area contributed by atoms with Gasteiger partial charge in [-0.3, -0.25) is 0 Å². The standard InChI is InChI=1S/C30H42GeN2O2/c1-19(2)25-13-11-14-26(20(3)4)29(25)32-23(9)17-24(10)33(31-35-18-34)30-27(21(5)6)15-12-16-28(30)22(7)8/h11-22H,1-10H3/b24-17-,32-23?. The molecule has 4 nitrogen and oxygen atoms in total. The summed E-state index contributed by atoms with van der Waals surface area (Å²) in [4.78, 5) is 16.3. The second-order valence-corrected chi connectivity index (χ2v) is 12.2. The van der Waals surface area contributed by atoms with Gasteiger partial charge >= 0.3 is 220 Å². The summed E-state index contributed by atoms with van der Waals surface area (Å²) in [5, 5.41) is 0. The average molecular weight is 535 g/mol. The Morgan fingerprint density at radius 2 is 1.23 bits per heavy atom. The molecule has 5 heteroatoms. The number of para-hydroxylation sites is 2. The Labute approximate surface area is 219 Å². The fourth-order valence-electron chi connectivity index (χ4n) is 4.35. The zero-order valence-electron chi connectivity index (χ0n) is 23.1. The fraction of sp³-hybridized carbons (Fsp3) is 0.467. The van der Waals surface area contributed by atoms with E-state index in [-0.39, 0.29) is 0 Å². The van der Waals surface area contributed by atoms with Gasteiger partial charge in [-0.1, -0.05) is 0 Å². The number of hydrogen-bond donors (Lipinski definition) is 0. The predicted octanol–water partition coefficient (Wildman–Crippen LogP) is 8.39. The van der Waals surface area contributed by atoms with Gasteiger partial charge in [0.2, 0.25) is 0 Å². The van der Waals surface area contributed by atoms with E-state index in [1.165, 1.54) is 27.9 Å². The summed E-state index contributed by atoms with van der Waals surface area (Å²) < 4.78 is 7.66. The van der Waals surface area contributed by atoms with Crippen molar-refractivity contribution in [3.63, 3.8) is 0 Å². The third-order valence-electron chi connectivity index (χ3n) is 6.16. The van der Waals surface area contributed by atoms with Crippen LogP contribution in [0.15, 0.2) is 53.2 Å². The van der Waals surface area contributed by atoms with Crippen LogP contribution in [0.1, 0.15) is 115 Å². The second-order valence-electron chi connectivity index (χ2n) is 10.4. The molecule has 0 saturated carbocycles. The van der Waals surface area contributed by atoms with Crippen LogP contribution in [0, 0.1) is 0 Å². The Morgan fingerprint density at radius 3 is 1.63 bits per heavy atom. The molecule has 0 N–H and O–H groups in total. The summed E-state index contributed by atoms with van der Waals surface area (Å²) in [5.74, 6) is 1.48. The van der Waals surface area contributed by atoms with Crippen molar-refractivity contribution in [3.05, 3.63) is 70.4 Å². The van der Waals surface area contributed by atoms with Crippen molar-refractivity contribution >= 4 is 39.5 Å². The van der Waals surface area contributed by atoms with Gasteiger partial charge in [-0.25, -0.2) is 0 Å². The van der Waals surface area contributed by atoms with Crippen LogP contribution in [0.3, 0.4) is 0 Å². The van der Waals surface area contributed by atoms with Crippen LogP contribution in [0.5, 0.6) is 0 Å². The molecule has 2 aromatic rings. The van der Waals surface area contributed by atoms with Gasteiger partial charge in [0, 0.05) is 0 Å². The molecular weight excluding hydrogens is 493 g/mol. The van der Waals surface area contributed by atoms with Crippen molar-refractivity contribution in [3.8, 4) is 0 Å². The van der Waals surface area contributed by atoms with Crippen molar-refractivity contribution in [2.24, 2.45) is 4.99 Å². The van der Waals surface area contributed by atoms with Crippen LogP contribution in [0.2, 0.25) is 0 Å². The number of hydrogen-bond acceptors (Lipinski definition) is 4. The molecule has 0 heterocycles. The molecule has 2 rings (SSSR count). The summed E-state index contributed by atoms with van der Waals surface area (Å²) in [6.07, 6.45) is 2.13. The maximum absolute atomic E-state index is 11.2. The minimum atomic E-state index is -1.19. The molecule has 0 amide bonds. The molecule has 35 heavy (non-hydrogen) atoms. The number of rotatable bonds is 11. The molecule has 0 aliphatic heterocycles. The molecule has 0 unspecified atom stereocenters. The molecule has 0 spiro atoms. The molecule has 0 fully saturated rings. The van der Waals surface area contributed by atoms with Gasteiger partial charge in [-0.15, -0.1) is 0 Å². The van der Waals surface area contributed by atoms with E-state index < -0.39 is 16.0 Å². The van der Waals surface area contributed by atoms with Crippen LogP contribution in [0.25, 0.3) is 0 Å². The molecule has 0 aromatic heterocycles. The Morgan fingerprint density at radius 1 is 0.800 bits per heavy atom. The van der Waals surface area contributed by atoms with Crippen LogP contribution < -0.4 is 3.86 Å². The van der Waals surface area contributed by atoms with E-state index in [9.17, 15) is 4.79 Å². The van der Waals surface area contributed by atoms with E-state index >= 15 is 0 Å². The first-order chi connectivity index (χ1) is 16.5. The van der Waals surface area contributed by atoms with E-state index in [0.717, 1.165) is 17.1 Å². The zero-order valence-corrected chi connectivity index (χ0v) is 25.2. The topological polar surface area (TPSA) is 41.9 Å². The van der Waals surface area contributed by atoms with Crippen LogP contribution in [0.4, 0.5) is 11.4 Å². The summed E-state index contributed by atoms with van der Waals surface area (Å²) >= 11 is -1.19. The monoisotopic (exact) mass is 536 g/mol. The van der Waals surface area contributed by atoms with Gasteiger partial charge in [-0.05, 0) is 0 Å². The molecular formula is C30H42GeN2O2. The van der Waals surface area contributed by atoms with E-state index in [1.54, 1.807) is 0 Å². The SMILES string of the molecule is CC(/C=C(/C)[N]([Ge][O]C=O)c1c(C(C)C)cccc1C(C)C)=Nc1c(C(C)C)cccc1C(C)C. The number of nitrogens with zero attached hydrogens (tertiary/aromatic N) is 2. The zero-order chi connectivity index (χ0) is 26.3. The Hall–Kier alpha value is -2.34. The van der Waals surface area contributed by atoms with Crippen molar-refractivity contribution in [1.82, 2.24) is 0 Å². The maximum atomic E-state index is 11.2. The molecule has 0 bridgehead atoms. The quantitative estimate of drug-likeness (QED) is 0.165. The van der Waals surface area contributed by atoms with Gasteiger partial charge in [0.15, 0.2) is 0 Å². The van der Waals surface area contributed by atoms with Gasteiger partial charge in [0.25, 0.3) is 0 Å². The van der Waals surface area contributed by atoms with Gasteiger partial charge in [0.05, 0.1) is 0 Å². The number of anilines is 1. The van der Waals surface area contributed by atoms with E-state index in [0.29, 0.717) is 30.1 Å². The Kier molecular flexibility index (Phi) is 10.8. The third kappa shape index (κ3) is 7.33. The molecule has 0 saturated heterocycles. The summed E-state index contributed by atoms with van der Waals surface area (Å²) in [5.41, 5.74) is 9.30. The molecule has 2 aromatic carbocycles. The van der Waals surface area contributed by atoms with Gasteiger partial charge in [-0.2, -0.15) is 0 Å². The van der Waals surface area contributed by atoms with Gasteiger partial charge in [0.1, 0.15) is 0 Å². The van der Waals surface area contributed by atoms with Crippen LogP contribution in [-0.2, 0) is 8.56 Å². The first-order valence-electron chi connectivity index (χ1n) is 12.6. The number of carbonyl (C=O) groups excluding carboxylic acids is 1. The molecule has 188 valence electrons. The number of carbonyl (C=O) groups is 1. The van der Waals surface area contributed by atoms with E-state index in [1.807, 2.05) is 0 Å². The van der Waals surface area contributed by atoms with Crippen LogP contribution in [-0.4, -0.2) is 28.2 Å². The number of benzene rings is 2. The third-order valence-corrected chi connectivity index (χ3v) is 8.17. The van der Waals surface area contributed by atoms with Gasteiger partial charge < -0.3 is 0 Å². The fourth-order valence-corrected chi connectivity index (χ4v) is 5.84. The van der Waals surface area contributed by atoms with E-state index in [4.69, 9.17) is 8.76 Å². The normalized spacial score (nSPS) is 12.7. The van der Waals surface area contributed by atoms with Crippen molar-refractivity contribution in [2.75, 3.05) is 3.86 Å². The summed E-state index contributed by atoms with van der Waals surface area (Å²) in [6, 6.07) is 13.0. The minimum absolute atomic E-state index is 0.350.